The third-order valence-corrected chi connectivity index (χ3v) is 5.72. The number of nitriles is 1. The maximum Gasteiger partial charge on any atom is 0.271 e. The minimum absolute atomic E-state index is 0.0269. The molecule has 0 unspecified atom stereocenters. The second kappa shape index (κ2) is 9.20. The van der Waals surface area contributed by atoms with Crippen molar-refractivity contribution in [2.75, 3.05) is 7.11 Å². The van der Waals surface area contributed by atoms with Gasteiger partial charge in [0.05, 0.1) is 18.5 Å². The highest BCUT2D eigenvalue weighted by molar-refractivity contribution is 6.20. The fraction of sp³-hybridized carbons (Fsp3) is 0.185. The lowest BCUT2D eigenvalue weighted by molar-refractivity contribution is -0.142. The Morgan fingerprint density at radius 1 is 1.03 bits per heavy atom. The van der Waals surface area contributed by atoms with Gasteiger partial charge < -0.3 is 4.74 Å². The zero-order valence-electron chi connectivity index (χ0n) is 19.4. The summed E-state index contributed by atoms with van der Waals surface area (Å²) in [7, 11) is 1.60. The van der Waals surface area contributed by atoms with Crippen molar-refractivity contribution in [1.82, 2.24) is 14.7 Å². The van der Waals surface area contributed by atoms with Crippen molar-refractivity contribution in [1.29, 1.82) is 5.26 Å². The maximum absolute atomic E-state index is 13.3. The molecule has 0 radical (unpaired) electrons. The molecule has 7 heteroatoms. The van der Waals surface area contributed by atoms with E-state index in [1.807, 2.05) is 66.9 Å². The zero-order chi connectivity index (χ0) is 24.4. The van der Waals surface area contributed by atoms with Crippen molar-refractivity contribution in [2.24, 2.45) is 0 Å². The number of hydrogen-bond acceptors (Lipinski definition) is 5. The lowest BCUT2D eigenvalue weighted by atomic mass is 9.92. The summed E-state index contributed by atoms with van der Waals surface area (Å²) in [5.41, 5.74) is 3.68. The van der Waals surface area contributed by atoms with E-state index < -0.39 is 11.8 Å². The summed E-state index contributed by atoms with van der Waals surface area (Å²) in [6.45, 7) is 5.13. The number of para-hydroxylation sites is 1. The van der Waals surface area contributed by atoms with Crippen LogP contribution in [0, 0.1) is 11.3 Å². The first-order valence-electron chi connectivity index (χ1n) is 10.9. The summed E-state index contributed by atoms with van der Waals surface area (Å²) in [5.74, 6) is -0.269. The molecule has 2 heterocycles. The molecule has 0 saturated heterocycles. The van der Waals surface area contributed by atoms with E-state index in [0.29, 0.717) is 22.4 Å². The van der Waals surface area contributed by atoms with Crippen molar-refractivity contribution in [2.45, 2.75) is 26.8 Å². The Kier molecular flexibility index (Phi) is 6.15. The van der Waals surface area contributed by atoms with E-state index in [4.69, 9.17) is 9.84 Å². The first kappa shape index (κ1) is 22.7. The van der Waals surface area contributed by atoms with Crippen molar-refractivity contribution >= 4 is 17.9 Å². The molecule has 34 heavy (non-hydrogen) atoms. The number of amides is 2. The summed E-state index contributed by atoms with van der Waals surface area (Å²) in [6.07, 6.45) is 3.55. The van der Waals surface area contributed by atoms with Gasteiger partial charge in [0.25, 0.3) is 11.8 Å². The van der Waals surface area contributed by atoms with Crippen LogP contribution in [0.5, 0.6) is 5.75 Å². The molecule has 170 valence electrons. The molecule has 7 nitrogen and oxygen atoms in total. The quantitative estimate of drug-likeness (QED) is 0.419. The van der Waals surface area contributed by atoms with E-state index in [9.17, 15) is 14.9 Å². The van der Waals surface area contributed by atoms with Gasteiger partial charge in [-0.15, -0.1) is 0 Å². The molecule has 1 aliphatic rings. The third kappa shape index (κ3) is 4.02. The van der Waals surface area contributed by atoms with Gasteiger partial charge >= 0.3 is 0 Å². The Hall–Kier alpha value is -4.44. The largest absolute Gasteiger partial charge is 0.497 e. The molecular weight excluding hydrogens is 428 g/mol. The second-order valence-electron chi connectivity index (χ2n) is 8.19. The van der Waals surface area contributed by atoms with Crippen LogP contribution in [0.2, 0.25) is 0 Å². The molecule has 0 aliphatic carbocycles. The van der Waals surface area contributed by atoms with Crippen molar-refractivity contribution in [3.63, 3.8) is 0 Å². The van der Waals surface area contributed by atoms with Gasteiger partial charge in [-0.2, -0.15) is 10.4 Å². The number of benzene rings is 2. The van der Waals surface area contributed by atoms with Crippen LogP contribution in [0.15, 0.2) is 77.5 Å². The smallest absolute Gasteiger partial charge is 0.271 e. The van der Waals surface area contributed by atoms with Gasteiger partial charge in [0.2, 0.25) is 0 Å². The van der Waals surface area contributed by atoms with Gasteiger partial charge in [0, 0.05) is 28.9 Å². The predicted molar refractivity (Wildman–Crippen MR) is 129 cm³/mol. The molecule has 3 aromatic rings. The molecule has 1 aliphatic heterocycles. The summed E-state index contributed by atoms with van der Waals surface area (Å²) in [5, 5.41) is 14.4. The van der Waals surface area contributed by atoms with Crippen molar-refractivity contribution < 1.29 is 14.3 Å². The van der Waals surface area contributed by atoms with Crippen LogP contribution in [-0.4, -0.2) is 39.6 Å². The van der Waals surface area contributed by atoms with Crippen LogP contribution in [-0.2, 0) is 9.59 Å². The molecule has 0 atom stereocenters. The molecular formula is C27H24N4O3. The molecule has 2 amide bonds. The molecule has 0 saturated carbocycles. The first-order chi connectivity index (χ1) is 16.3. The average molecular weight is 453 g/mol. The van der Waals surface area contributed by atoms with Crippen molar-refractivity contribution in [3.8, 4) is 28.8 Å². The van der Waals surface area contributed by atoms with E-state index in [1.165, 1.54) is 0 Å². The maximum atomic E-state index is 13.3. The molecule has 1 aromatic heterocycles. The number of imide groups is 1. The summed E-state index contributed by atoms with van der Waals surface area (Å²) in [4.78, 5) is 27.2. The lowest BCUT2D eigenvalue weighted by Crippen LogP contribution is -2.46. The second-order valence-corrected chi connectivity index (χ2v) is 8.19. The predicted octanol–water partition coefficient (Wildman–Crippen LogP) is 4.55. The van der Waals surface area contributed by atoms with Crippen molar-refractivity contribution in [3.05, 3.63) is 83.1 Å². The minimum Gasteiger partial charge on any atom is -0.497 e. The monoisotopic (exact) mass is 452 g/mol. The van der Waals surface area contributed by atoms with E-state index >= 15 is 0 Å². The summed E-state index contributed by atoms with van der Waals surface area (Å²) >= 11 is 0. The Morgan fingerprint density at radius 2 is 1.71 bits per heavy atom. The van der Waals surface area contributed by atoms with Crippen LogP contribution in [0.3, 0.4) is 0 Å². The average Bonchev–Trinajstić information content (AvgIpc) is 3.26. The number of carbonyl (C=O) groups is 2. The Labute approximate surface area is 198 Å². The van der Waals surface area contributed by atoms with Crippen LogP contribution >= 0.6 is 0 Å². The topological polar surface area (TPSA) is 88.2 Å². The lowest BCUT2D eigenvalue weighted by Gasteiger charge is -2.30. The molecule has 0 bridgehead atoms. The Morgan fingerprint density at radius 3 is 2.29 bits per heavy atom. The van der Waals surface area contributed by atoms with Gasteiger partial charge in [-0.25, -0.2) is 4.68 Å². The standard InChI is InChI=1S/C27H24N4O3/c1-17(2)31-26(32)23(18(3)24(15-28)27(31)33)14-20-16-30(21-8-6-5-7-9-21)29-25(20)19-10-12-22(34-4)13-11-19/h5-14,16-17H,1-4H3/b23-14+. The summed E-state index contributed by atoms with van der Waals surface area (Å²) in [6, 6.07) is 18.7. The van der Waals surface area contributed by atoms with Crippen LogP contribution in [0.1, 0.15) is 26.3 Å². The first-order valence-corrected chi connectivity index (χ1v) is 10.9. The van der Waals surface area contributed by atoms with Gasteiger partial charge in [0.15, 0.2) is 0 Å². The minimum atomic E-state index is -0.562. The normalized spacial score (nSPS) is 15.3. The van der Waals surface area contributed by atoms with E-state index in [1.54, 1.807) is 38.6 Å². The number of hydrogen-bond donors (Lipinski definition) is 0. The number of ether oxygens (including phenoxy) is 1. The Balaban J connectivity index is 1.92. The zero-order valence-corrected chi connectivity index (χ0v) is 19.4. The number of carbonyl (C=O) groups excluding carboxylic acids is 2. The Bertz CT molecular complexity index is 1360. The molecule has 2 aromatic carbocycles. The number of nitrogens with zero attached hydrogens (tertiary/aromatic N) is 4. The third-order valence-electron chi connectivity index (χ3n) is 5.72. The fourth-order valence-electron chi connectivity index (χ4n) is 3.90. The molecule has 0 fully saturated rings. The highest BCUT2D eigenvalue weighted by Gasteiger charge is 2.37. The van der Waals surface area contributed by atoms with E-state index in [-0.39, 0.29) is 11.6 Å². The van der Waals surface area contributed by atoms with E-state index in [0.717, 1.165) is 21.9 Å². The van der Waals surface area contributed by atoms with Crippen LogP contribution in [0.25, 0.3) is 23.0 Å². The number of aromatic nitrogens is 2. The van der Waals surface area contributed by atoms with Crippen LogP contribution < -0.4 is 4.74 Å². The summed E-state index contributed by atoms with van der Waals surface area (Å²) < 4.78 is 7.02. The molecule has 4 rings (SSSR count). The highest BCUT2D eigenvalue weighted by atomic mass is 16.5. The van der Waals surface area contributed by atoms with Crippen LogP contribution in [0.4, 0.5) is 0 Å². The van der Waals surface area contributed by atoms with Gasteiger partial charge in [-0.05, 0) is 68.8 Å². The van der Waals surface area contributed by atoms with E-state index in [2.05, 4.69) is 0 Å². The highest BCUT2D eigenvalue weighted by Crippen LogP contribution is 2.32. The fourth-order valence-corrected chi connectivity index (χ4v) is 3.90. The van der Waals surface area contributed by atoms with Gasteiger partial charge in [-0.3, -0.25) is 14.5 Å². The number of methoxy groups -OCH3 is 1. The number of rotatable bonds is 5. The molecule has 0 N–H and O–H groups in total. The van der Waals surface area contributed by atoms with Gasteiger partial charge in [0.1, 0.15) is 17.4 Å². The SMILES string of the molecule is COc1ccc(-c2nn(-c3ccccc3)cc2/C=C2/C(=O)N(C(C)C)C(=O)C(C#N)=C2C)cc1. The van der Waals surface area contributed by atoms with Gasteiger partial charge in [-0.1, -0.05) is 18.2 Å². The molecule has 0 spiro atoms.